The van der Waals surface area contributed by atoms with E-state index in [0.29, 0.717) is 6.42 Å². The van der Waals surface area contributed by atoms with Gasteiger partial charge in [0.1, 0.15) is 6.04 Å². The third-order valence-electron chi connectivity index (χ3n) is 3.35. The number of rotatable bonds is 3. The van der Waals surface area contributed by atoms with Gasteiger partial charge < -0.3 is 14.4 Å². The summed E-state index contributed by atoms with van der Waals surface area (Å²) in [5.74, 6) is -0.550. The molecule has 0 aromatic rings. The summed E-state index contributed by atoms with van der Waals surface area (Å²) >= 11 is 1.60. The highest BCUT2D eigenvalue weighted by Gasteiger charge is 2.59. The van der Waals surface area contributed by atoms with Crippen LogP contribution in [0.1, 0.15) is 27.2 Å². The van der Waals surface area contributed by atoms with E-state index in [1.807, 2.05) is 13.8 Å². The fraction of sp³-hybridized carbons (Fsp3) is 0.750. The summed E-state index contributed by atoms with van der Waals surface area (Å²) in [6.45, 7) is 5.35. The minimum atomic E-state index is -0.814. The molecule has 20 heavy (non-hydrogen) atoms. The largest absolute Gasteiger partial charge is 0.453 e. The number of ether oxygens (including phenoxy) is 2. The number of hydrogen-bond acceptors (Lipinski definition) is 6. The van der Waals surface area contributed by atoms with Crippen molar-refractivity contribution in [3.63, 3.8) is 0 Å². The van der Waals surface area contributed by atoms with Crippen LogP contribution in [0.2, 0.25) is 0 Å². The molecule has 7 nitrogen and oxygen atoms in total. The van der Waals surface area contributed by atoms with Crippen molar-refractivity contribution >= 4 is 29.7 Å². The van der Waals surface area contributed by atoms with Crippen LogP contribution < -0.4 is 5.32 Å². The predicted molar refractivity (Wildman–Crippen MR) is 71.8 cm³/mol. The molecule has 2 saturated heterocycles. The summed E-state index contributed by atoms with van der Waals surface area (Å²) in [6.07, 6.45) is -1.03. The van der Waals surface area contributed by atoms with Gasteiger partial charge in [-0.05, 0) is 20.8 Å². The summed E-state index contributed by atoms with van der Waals surface area (Å²) in [6, 6.07) is -0.624. The molecule has 2 heterocycles. The lowest BCUT2D eigenvalue weighted by Gasteiger charge is -2.37. The summed E-state index contributed by atoms with van der Waals surface area (Å²) in [5.41, 5.74) is 0. The molecule has 0 spiro atoms. The maximum absolute atomic E-state index is 12.3. The van der Waals surface area contributed by atoms with Gasteiger partial charge in [-0.2, -0.15) is 0 Å². The first-order valence-corrected chi connectivity index (χ1v) is 7.18. The molecule has 2 rings (SSSR count). The molecule has 1 unspecified atom stereocenters. The SMILES string of the molecule is COC(=O)NC(C)OC(=O)[C@@H]1N2C(=O)C[C@H]2SC1(C)C. The average Bonchev–Trinajstić information content (AvgIpc) is 2.55. The second kappa shape index (κ2) is 5.16. The lowest BCUT2D eigenvalue weighted by molar-refractivity contribution is -0.165. The lowest BCUT2D eigenvalue weighted by Crippen LogP contribution is -2.58. The van der Waals surface area contributed by atoms with Crippen LogP contribution in [0.4, 0.5) is 4.79 Å². The summed E-state index contributed by atoms with van der Waals surface area (Å²) in [7, 11) is 1.23. The maximum atomic E-state index is 12.3. The van der Waals surface area contributed by atoms with Crippen LogP contribution in [0.3, 0.4) is 0 Å². The van der Waals surface area contributed by atoms with Crippen LogP contribution in [0.25, 0.3) is 0 Å². The van der Waals surface area contributed by atoms with Crippen molar-refractivity contribution in [2.24, 2.45) is 0 Å². The van der Waals surface area contributed by atoms with E-state index in [2.05, 4.69) is 10.1 Å². The molecular formula is C12H18N2O5S. The minimum Gasteiger partial charge on any atom is -0.453 e. The average molecular weight is 302 g/mol. The molecule has 0 radical (unpaired) electrons. The van der Waals surface area contributed by atoms with Crippen LogP contribution in [0.5, 0.6) is 0 Å². The van der Waals surface area contributed by atoms with Crippen molar-refractivity contribution in [1.82, 2.24) is 10.2 Å². The Hall–Kier alpha value is -1.44. The van der Waals surface area contributed by atoms with Crippen LogP contribution in [-0.4, -0.2) is 52.4 Å². The van der Waals surface area contributed by atoms with E-state index in [4.69, 9.17) is 4.74 Å². The van der Waals surface area contributed by atoms with Crippen LogP contribution >= 0.6 is 11.8 Å². The number of carbonyl (C=O) groups is 3. The molecule has 1 N–H and O–H groups in total. The van der Waals surface area contributed by atoms with Crippen LogP contribution in [-0.2, 0) is 19.1 Å². The number of amides is 2. The van der Waals surface area contributed by atoms with Crippen molar-refractivity contribution in [2.45, 2.75) is 49.6 Å². The number of carbonyl (C=O) groups excluding carboxylic acids is 3. The van der Waals surface area contributed by atoms with Gasteiger partial charge in [0, 0.05) is 4.75 Å². The molecule has 8 heteroatoms. The first kappa shape index (κ1) is 15.0. The smallest absolute Gasteiger partial charge is 0.409 e. The number of nitrogens with zero attached hydrogens (tertiary/aromatic N) is 1. The van der Waals surface area contributed by atoms with Crippen LogP contribution in [0.15, 0.2) is 0 Å². The number of alkyl carbamates (subject to hydrolysis) is 1. The number of β-lactam (4-membered cyclic amide) rings is 1. The van der Waals surface area contributed by atoms with Gasteiger partial charge in [-0.15, -0.1) is 11.8 Å². The van der Waals surface area contributed by atoms with Crippen molar-refractivity contribution in [2.75, 3.05) is 7.11 Å². The fourth-order valence-corrected chi connectivity index (χ4v) is 4.07. The summed E-state index contributed by atoms with van der Waals surface area (Å²) < 4.78 is 9.21. The third-order valence-corrected chi connectivity index (χ3v) is 4.84. The Morgan fingerprint density at radius 1 is 1.50 bits per heavy atom. The monoisotopic (exact) mass is 302 g/mol. The van der Waals surface area contributed by atoms with E-state index in [1.165, 1.54) is 14.0 Å². The van der Waals surface area contributed by atoms with Gasteiger partial charge in [-0.3, -0.25) is 10.1 Å². The Kier molecular flexibility index (Phi) is 3.86. The molecule has 0 aromatic heterocycles. The van der Waals surface area contributed by atoms with Gasteiger partial charge in [0.05, 0.1) is 18.9 Å². The Morgan fingerprint density at radius 3 is 2.70 bits per heavy atom. The Bertz CT molecular complexity index is 453. The second-order valence-corrected chi connectivity index (χ2v) is 7.13. The van der Waals surface area contributed by atoms with E-state index in [0.717, 1.165) is 0 Å². The highest BCUT2D eigenvalue weighted by molar-refractivity contribution is 8.01. The molecule has 2 amide bonds. The molecular weight excluding hydrogens is 284 g/mol. The third kappa shape index (κ3) is 2.56. The first-order valence-electron chi connectivity index (χ1n) is 6.30. The van der Waals surface area contributed by atoms with Crippen molar-refractivity contribution in [3.05, 3.63) is 0 Å². The quantitative estimate of drug-likeness (QED) is 0.469. The number of thioether (sulfide) groups is 1. The number of fused-ring (bicyclic) bond motifs is 1. The summed E-state index contributed by atoms with van der Waals surface area (Å²) in [5, 5.41) is 2.41. The highest BCUT2D eigenvalue weighted by atomic mass is 32.2. The molecule has 0 aliphatic carbocycles. The first-order chi connectivity index (χ1) is 9.26. The van der Waals surface area contributed by atoms with Crippen molar-refractivity contribution in [3.8, 4) is 0 Å². The van der Waals surface area contributed by atoms with E-state index >= 15 is 0 Å². The molecule has 2 aliphatic heterocycles. The predicted octanol–water partition coefficient (Wildman–Crippen LogP) is 0.684. The van der Waals surface area contributed by atoms with Gasteiger partial charge in [0.25, 0.3) is 0 Å². The van der Waals surface area contributed by atoms with Crippen molar-refractivity contribution < 1.29 is 23.9 Å². The number of nitrogens with one attached hydrogen (secondary N) is 1. The fourth-order valence-electron chi connectivity index (χ4n) is 2.45. The second-order valence-electron chi connectivity index (χ2n) is 5.30. The van der Waals surface area contributed by atoms with Gasteiger partial charge in [0.15, 0.2) is 6.23 Å². The minimum absolute atomic E-state index is 0.0383. The van der Waals surface area contributed by atoms with Crippen LogP contribution in [0, 0.1) is 0 Å². The normalized spacial score (nSPS) is 28.2. The topological polar surface area (TPSA) is 84.9 Å². The Balaban J connectivity index is 2.01. The highest BCUT2D eigenvalue weighted by Crippen LogP contribution is 2.50. The zero-order valence-corrected chi connectivity index (χ0v) is 12.7. The zero-order valence-electron chi connectivity index (χ0n) is 11.8. The molecule has 0 aromatic carbocycles. The van der Waals surface area contributed by atoms with E-state index in [1.54, 1.807) is 16.7 Å². The van der Waals surface area contributed by atoms with Gasteiger partial charge in [0.2, 0.25) is 5.91 Å². The number of methoxy groups -OCH3 is 1. The molecule has 3 atom stereocenters. The molecule has 112 valence electrons. The van der Waals surface area contributed by atoms with E-state index in [-0.39, 0.29) is 11.3 Å². The molecule has 2 fully saturated rings. The van der Waals surface area contributed by atoms with Gasteiger partial charge >= 0.3 is 12.1 Å². The van der Waals surface area contributed by atoms with Gasteiger partial charge in [-0.25, -0.2) is 9.59 Å². The van der Waals surface area contributed by atoms with Gasteiger partial charge in [-0.1, -0.05) is 0 Å². The zero-order chi connectivity index (χ0) is 15.1. The number of esters is 1. The Morgan fingerprint density at radius 2 is 2.15 bits per heavy atom. The van der Waals surface area contributed by atoms with Crippen molar-refractivity contribution in [1.29, 1.82) is 0 Å². The number of hydrogen-bond donors (Lipinski definition) is 1. The Labute approximate surface area is 121 Å². The van der Waals surface area contributed by atoms with E-state index in [9.17, 15) is 14.4 Å². The molecule has 2 aliphatic rings. The summed E-state index contributed by atoms with van der Waals surface area (Å²) in [4.78, 5) is 36.5. The molecule has 0 saturated carbocycles. The van der Waals surface area contributed by atoms with E-state index < -0.39 is 29.1 Å². The molecule has 0 bridgehead atoms. The lowest BCUT2D eigenvalue weighted by atomic mass is 9.98. The maximum Gasteiger partial charge on any atom is 0.409 e. The standard InChI is InChI=1S/C12H18N2O5S/c1-6(13-11(17)18-4)19-10(16)9-12(2,3)20-8-5-7(15)14(8)9/h6,8-9H,5H2,1-4H3,(H,13,17)/t6?,8-,9+/m1/s1.